The summed E-state index contributed by atoms with van der Waals surface area (Å²) in [5.74, 6) is -0.689. The topological polar surface area (TPSA) is 76.6 Å². The Morgan fingerprint density at radius 3 is 2.64 bits per heavy atom. The molecule has 6 nitrogen and oxygen atoms in total. The summed E-state index contributed by atoms with van der Waals surface area (Å²) in [6, 6.07) is 12.4. The van der Waals surface area contributed by atoms with Gasteiger partial charge in [0.05, 0.1) is 6.04 Å². The van der Waals surface area contributed by atoms with Crippen LogP contribution in [0.4, 0.5) is 9.18 Å². The number of carbonyl (C=O) groups is 3. The summed E-state index contributed by atoms with van der Waals surface area (Å²) < 4.78 is 16.9. The molecular formula is C21H23FN2O4. The standard InChI is InChI=1S/C15H17NO4.C6H6FN/c17-9-5-4-8-14(18)16-13(11-20-15(16)19)10-12-6-2-1-3-7-12;1-5-2-3-6(7)8-4-5/h1-3,6-7,9,13H,4-5,8,10-11H2;2-4H,1H3. The maximum atomic E-state index is 12.0. The van der Waals surface area contributed by atoms with Gasteiger partial charge in [0, 0.05) is 19.0 Å². The number of ether oxygens (including phenoxy) is 1. The van der Waals surface area contributed by atoms with Crippen LogP contribution < -0.4 is 0 Å². The molecule has 1 aromatic carbocycles. The van der Waals surface area contributed by atoms with E-state index in [9.17, 15) is 18.8 Å². The highest BCUT2D eigenvalue weighted by molar-refractivity contribution is 5.93. The molecule has 2 aromatic rings. The number of carbonyl (C=O) groups excluding carboxylic acids is 3. The summed E-state index contributed by atoms with van der Waals surface area (Å²) in [6.45, 7) is 2.10. The van der Waals surface area contributed by atoms with Crippen molar-refractivity contribution < 1.29 is 23.5 Å². The number of pyridine rings is 1. The summed E-state index contributed by atoms with van der Waals surface area (Å²) in [5, 5.41) is 0. The van der Waals surface area contributed by atoms with Gasteiger partial charge in [-0.25, -0.2) is 14.7 Å². The zero-order chi connectivity index (χ0) is 20.4. The fourth-order valence-electron chi connectivity index (χ4n) is 2.71. The van der Waals surface area contributed by atoms with Crippen LogP contribution in [0.3, 0.4) is 0 Å². The molecule has 0 radical (unpaired) electrons. The monoisotopic (exact) mass is 386 g/mol. The lowest BCUT2D eigenvalue weighted by Crippen LogP contribution is -2.40. The van der Waals surface area contributed by atoms with Crippen molar-refractivity contribution in [2.45, 2.75) is 38.6 Å². The lowest BCUT2D eigenvalue weighted by Gasteiger charge is -2.19. The second kappa shape index (κ2) is 10.9. The summed E-state index contributed by atoms with van der Waals surface area (Å²) in [4.78, 5) is 38.6. The Labute approximate surface area is 163 Å². The van der Waals surface area contributed by atoms with Crippen molar-refractivity contribution in [3.05, 3.63) is 65.7 Å². The predicted molar refractivity (Wildman–Crippen MR) is 101 cm³/mol. The van der Waals surface area contributed by atoms with Gasteiger partial charge >= 0.3 is 6.09 Å². The largest absolute Gasteiger partial charge is 0.447 e. The van der Waals surface area contributed by atoms with Crippen molar-refractivity contribution >= 4 is 18.3 Å². The van der Waals surface area contributed by atoms with Crippen LogP contribution in [0, 0.1) is 12.9 Å². The molecule has 0 bridgehead atoms. The van der Waals surface area contributed by atoms with Gasteiger partial charge in [0.15, 0.2) is 0 Å². The molecule has 148 valence electrons. The van der Waals surface area contributed by atoms with E-state index in [1.165, 1.54) is 17.2 Å². The summed E-state index contributed by atoms with van der Waals surface area (Å²) >= 11 is 0. The highest BCUT2D eigenvalue weighted by Crippen LogP contribution is 2.19. The van der Waals surface area contributed by atoms with E-state index >= 15 is 0 Å². The number of aromatic nitrogens is 1. The van der Waals surface area contributed by atoms with E-state index in [2.05, 4.69) is 4.98 Å². The van der Waals surface area contributed by atoms with Gasteiger partial charge in [0.2, 0.25) is 11.9 Å². The van der Waals surface area contributed by atoms with Gasteiger partial charge in [-0.3, -0.25) is 4.79 Å². The maximum absolute atomic E-state index is 12.0. The first-order chi connectivity index (χ1) is 13.5. The number of aldehydes is 1. The normalized spacial score (nSPS) is 15.4. The highest BCUT2D eigenvalue weighted by Gasteiger charge is 2.37. The number of hydrogen-bond acceptors (Lipinski definition) is 5. The molecule has 1 aliphatic heterocycles. The van der Waals surface area contributed by atoms with Crippen molar-refractivity contribution in [1.82, 2.24) is 9.88 Å². The van der Waals surface area contributed by atoms with Gasteiger partial charge in [-0.15, -0.1) is 0 Å². The van der Waals surface area contributed by atoms with Gasteiger partial charge in [-0.05, 0) is 37.0 Å². The lowest BCUT2D eigenvalue weighted by molar-refractivity contribution is -0.129. The number of aryl methyl sites for hydroxylation is 1. The molecule has 0 saturated carbocycles. The molecule has 0 aliphatic carbocycles. The van der Waals surface area contributed by atoms with Gasteiger partial charge in [0.1, 0.15) is 12.9 Å². The SMILES string of the molecule is Cc1ccc(F)nc1.O=CCCCC(=O)N1C(=O)OCC1Cc1ccccc1. The van der Waals surface area contributed by atoms with Crippen molar-refractivity contribution in [2.24, 2.45) is 0 Å². The summed E-state index contributed by atoms with van der Waals surface area (Å²) in [5.41, 5.74) is 2.04. The van der Waals surface area contributed by atoms with Crippen LogP contribution in [0.15, 0.2) is 48.7 Å². The molecule has 2 amide bonds. The van der Waals surface area contributed by atoms with Crippen LogP contribution in [-0.4, -0.2) is 40.8 Å². The number of benzene rings is 1. The molecule has 1 aromatic heterocycles. The first kappa shape index (κ1) is 21.2. The predicted octanol–water partition coefficient (Wildman–Crippen LogP) is 3.47. The number of unbranched alkanes of at least 4 members (excludes halogenated alkanes) is 1. The van der Waals surface area contributed by atoms with Gasteiger partial charge in [-0.2, -0.15) is 4.39 Å². The van der Waals surface area contributed by atoms with Gasteiger partial charge in [-0.1, -0.05) is 36.4 Å². The third-order valence-electron chi connectivity index (χ3n) is 4.13. The van der Waals surface area contributed by atoms with Crippen LogP contribution in [0.25, 0.3) is 0 Å². The number of halogens is 1. The third kappa shape index (κ3) is 6.57. The molecular weight excluding hydrogens is 363 g/mol. The Kier molecular flexibility index (Phi) is 8.27. The zero-order valence-electron chi connectivity index (χ0n) is 15.7. The molecule has 1 atom stereocenters. The number of rotatable bonds is 6. The van der Waals surface area contributed by atoms with Crippen molar-refractivity contribution in [2.75, 3.05) is 6.61 Å². The Hall–Kier alpha value is -3.09. The average Bonchev–Trinajstić information content (AvgIpc) is 3.06. The van der Waals surface area contributed by atoms with Crippen LogP contribution in [0.2, 0.25) is 0 Å². The smallest absolute Gasteiger partial charge is 0.416 e. The van der Waals surface area contributed by atoms with E-state index in [0.29, 0.717) is 19.3 Å². The Bertz CT molecular complexity index is 760. The molecule has 7 heteroatoms. The van der Waals surface area contributed by atoms with Crippen LogP contribution in [0.1, 0.15) is 30.4 Å². The van der Waals surface area contributed by atoms with Crippen molar-refractivity contribution in [3.8, 4) is 0 Å². The third-order valence-corrected chi connectivity index (χ3v) is 4.13. The lowest BCUT2D eigenvalue weighted by atomic mass is 10.1. The van der Waals surface area contributed by atoms with E-state index < -0.39 is 12.0 Å². The molecule has 0 N–H and O–H groups in total. The van der Waals surface area contributed by atoms with E-state index in [-0.39, 0.29) is 25.0 Å². The van der Waals surface area contributed by atoms with Crippen molar-refractivity contribution in [1.29, 1.82) is 0 Å². The van der Waals surface area contributed by atoms with Crippen LogP contribution in [0.5, 0.6) is 0 Å². The van der Waals surface area contributed by atoms with Crippen molar-refractivity contribution in [3.63, 3.8) is 0 Å². The highest BCUT2D eigenvalue weighted by atomic mass is 19.1. The molecule has 0 spiro atoms. The van der Waals surface area contributed by atoms with Gasteiger partial charge in [0.25, 0.3) is 0 Å². The fourth-order valence-corrected chi connectivity index (χ4v) is 2.71. The molecule has 1 unspecified atom stereocenters. The number of cyclic esters (lactones) is 1. The quantitative estimate of drug-likeness (QED) is 0.432. The Morgan fingerprint density at radius 2 is 2.04 bits per heavy atom. The molecule has 28 heavy (non-hydrogen) atoms. The van der Waals surface area contributed by atoms with Crippen LogP contribution in [-0.2, 0) is 20.7 Å². The zero-order valence-corrected chi connectivity index (χ0v) is 15.7. The minimum atomic E-state index is -0.581. The molecule has 2 heterocycles. The Morgan fingerprint density at radius 1 is 1.29 bits per heavy atom. The average molecular weight is 386 g/mol. The minimum absolute atomic E-state index is 0.194. The maximum Gasteiger partial charge on any atom is 0.416 e. The second-order valence-electron chi connectivity index (χ2n) is 6.40. The first-order valence-electron chi connectivity index (χ1n) is 9.05. The Balaban J connectivity index is 0.000000292. The number of nitrogens with zero attached hydrogens (tertiary/aromatic N) is 2. The van der Waals surface area contributed by atoms with E-state index in [0.717, 1.165) is 17.4 Å². The minimum Gasteiger partial charge on any atom is -0.447 e. The second-order valence-corrected chi connectivity index (χ2v) is 6.40. The fraction of sp³-hybridized carbons (Fsp3) is 0.333. The number of hydrogen-bond donors (Lipinski definition) is 0. The molecule has 1 saturated heterocycles. The van der Waals surface area contributed by atoms with Crippen LogP contribution >= 0.6 is 0 Å². The van der Waals surface area contributed by atoms with E-state index in [1.807, 2.05) is 37.3 Å². The van der Waals surface area contributed by atoms with Gasteiger partial charge < -0.3 is 9.53 Å². The molecule has 1 fully saturated rings. The number of imide groups is 1. The van der Waals surface area contributed by atoms with E-state index in [1.54, 1.807) is 6.07 Å². The molecule has 3 rings (SSSR count). The molecule has 1 aliphatic rings. The number of amides is 2. The summed E-state index contributed by atoms with van der Waals surface area (Å²) in [7, 11) is 0. The van der Waals surface area contributed by atoms with E-state index in [4.69, 9.17) is 4.74 Å². The first-order valence-corrected chi connectivity index (χ1v) is 9.05. The summed E-state index contributed by atoms with van der Waals surface area (Å²) in [6.07, 6.45) is 3.27.